The zero-order valence-corrected chi connectivity index (χ0v) is 16.0. The minimum absolute atomic E-state index is 0.133. The van der Waals surface area contributed by atoms with Crippen molar-refractivity contribution in [3.8, 4) is 0 Å². The summed E-state index contributed by atoms with van der Waals surface area (Å²) in [7, 11) is 0. The maximum atomic E-state index is 12.6. The van der Waals surface area contributed by atoms with Gasteiger partial charge in [-0.25, -0.2) is 0 Å². The minimum atomic E-state index is -1.19. The lowest BCUT2D eigenvalue weighted by molar-refractivity contribution is -0.120. The Hall–Kier alpha value is -2.37. The van der Waals surface area contributed by atoms with Gasteiger partial charge >= 0.3 is 0 Å². The molecule has 6 heteroatoms. The van der Waals surface area contributed by atoms with Gasteiger partial charge in [0.15, 0.2) is 0 Å². The summed E-state index contributed by atoms with van der Waals surface area (Å²) in [6.07, 6.45) is 0. The third kappa shape index (κ3) is 4.23. The number of nitrogens with zero attached hydrogens (tertiary/aromatic N) is 1. The highest BCUT2D eigenvalue weighted by molar-refractivity contribution is 6.34. The van der Waals surface area contributed by atoms with Crippen LogP contribution in [-0.4, -0.2) is 29.8 Å². The topological polar surface area (TPSA) is 75.4 Å². The number of nitrogens with two attached hydrogens (primary N) is 1. The predicted octanol–water partition coefficient (Wildman–Crippen LogP) is 3.63. The zero-order chi connectivity index (χ0) is 19.3. The summed E-state index contributed by atoms with van der Waals surface area (Å²) < 4.78 is 0. The van der Waals surface area contributed by atoms with Crippen LogP contribution in [0.2, 0.25) is 5.02 Å². The van der Waals surface area contributed by atoms with Gasteiger partial charge in [0.25, 0.3) is 5.91 Å². The molecule has 0 radical (unpaired) electrons. The Morgan fingerprint density at radius 2 is 1.73 bits per heavy atom. The van der Waals surface area contributed by atoms with Gasteiger partial charge in [-0.3, -0.25) is 9.59 Å². The van der Waals surface area contributed by atoms with Crippen molar-refractivity contribution in [3.63, 3.8) is 0 Å². The summed E-state index contributed by atoms with van der Waals surface area (Å²) >= 11 is 6.27. The van der Waals surface area contributed by atoms with Crippen molar-refractivity contribution in [2.24, 2.45) is 5.73 Å². The Morgan fingerprint density at radius 1 is 1.12 bits per heavy atom. The van der Waals surface area contributed by atoms with Gasteiger partial charge in [-0.05, 0) is 44.5 Å². The first kappa shape index (κ1) is 19.9. The molecule has 0 bridgehead atoms. The summed E-state index contributed by atoms with van der Waals surface area (Å²) in [5.41, 5.74) is 6.63. The van der Waals surface area contributed by atoms with E-state index in [1.165, 1.54) is 0 Å². The normalized spacial score (nSPS) is 13.0. The van der Waals surface area contributed by atoms with Crippen LogP contribution in [-0.2, 0) is 10.3 Å². The highest BCUT2D eigenvalue weighted by Crippen LogP contribution is 2.25. The number of rotatable bonds is 6. The van der Waals surface area contributed by atoms with Crippen LogP contribution in [0.3, 0.4) is 0 Å². The summed E-state index contributed by atoms with van der Waals surface area (Å²) in [5, 5.41) is 3.06. The molecular formula is C20H24ClN3O2. The SMILES string of the molecule is CCN(CC)C(=O)c1ccc(NC(=O)C(C)(N)c2ccccc2)cc1Cl. The third-order valence-corrected chi connectivity index (χ3v) is 4.67. The number of benzene rings is 2. The van der Waals surface area contributed by atoms with E-state index < -0.39 is 5.54 Å². The molecule has 138 valence electrons. The lowest BCUT2D eigenvalue weighted by atomic mass is 9.92. The molecule has 0 fully saturated rings. The minimum Gasteiger partial charge on any atom is -0.339 e. The predicted molar refractivity (Wildman–Crippen MR) is 105 cm³/mol. The number of amides is 2. The number of anilines is 1. The monoisotopic (exact) mass is 373 g/mol. The molecule has 0 aromatic heterocycles. The summed E-state index contributed by atoms with van der Waals surface area (Å²) in [5.74, 6) is -0.492. The van der Waals surface area contributed by atoms with E-state index in [1.807, 2.05) is 32.0 Å². The van der Waals surface area contributed by atoms with Crippen LogP contribution in [0, 0.1) is 0 Å². The first-order valence-corrected chi connectivity index (χ1v) is 8.93. The number of hydrogen-bond acceptors (Lipinski definition) is 3. The van der Waals surface area contributed by atoms with Gasteiger partial charge in [0.05, 0.1) is 10.6 Å². The van der Waals surface area contributed by atoms with E-state index >= 15 is 0 Å². The Morgan fingerprint density at radius 3 is 2.27 bits per heavy atom. The third-order valence-electron chi connectivity index (χ3n) is 4.35. The van der Waals surface area contributed by atoms with Crippen molar-refractivity contribution >= 4 is 29.1 Å². The van der Waals surface area contributed by atoms with Crippen molar-refractivity contribution in [1.29, 1.82) is 0 Å². The van der Waals surface area contributed by atoms with Crippen LogP contribution >= 0.6 is 11.6 Å². The molecule has 0 saturated heterocycles. The Kier molecular flexibility index (Phi) is 6.40. The fourth-order valence-electron chi connectivity index (χ4n) is 2.62. The smallest absolute Gasteiger partial charge is 0.255 e. The maximum Gasteiger partial charge on any atom is 0.255 e. The Bertz CT molecular complexity index is 787. The molecule has 2 amide bonds. The molecule has 2 aromatic carbocycles. The highest BCUT2D eigenvalue weighted by atomic mass is 35.5. The second-order valence-electron chi connectivity index (χ2n) is 6.19. The van der Waals surface area contributed by atoms with Crippen LogP contribution in [0.1, 0.15) is 36.7 Å². The fourth-order valence-corrected chi connectivity index (χ4v) is 2.89. The van der Waals surface area contributed by atoms with Gasteiger partial charge in [-0.2, -0.15) is 0 Å². The zero-order valence-electron chi connectivity index (χ0n) is 15.3. The van der Waals surface area contributed by atoms with Gasteiger partial charge in [0, 0.05) is 18.8 Å². The summed E-state index contributed by atoms with van der Waals surface area (Å²) in [6, 6.07) is 14.0. The average molecular weight is 374 g/mol. The maximum absolute atomic E-state index is 12.6. The van der Waals surface area contributed by atoms with Gasteiger partial charge in [0.1, 0.15) is 5.54 Å². The molecule has 1 unspecified atom stereocenters. The summed E-state index contributed by atoms with van der Waals surface area (Å²) in [4.78, 5) is 26.7. The molecule has 0 aliphatic rings. The van der Waals surface area contributed by atoms with E-state index in [4.69, 9.17) is 17.3 Å². The van der Waals surface area contributed by atoms with E-state index in [1.54, 1.807) is 42.2 Å². The second kappa shape index (κ2) is 8.34. The molecule has 3 N–H and O–H groups in total. The molecule has 0 saturated carbocycles. The van der Waals surface area contributed by atoms with E-state index in [-0.39, 0.29) is 16.8 Å². The molecule has 1 atom stereocenters. The van der Waals surface area contributed by atoms with Crippen LogP contribution in [0.4, 0.5) is 5.69 Å². The van der Waals surface area contributed by atoms with Crippen molar-refractivity contribution < 1.29 is 9.59 Å². The van der Waals surface area contributed by atoms with Crippen LogP contribution in [0.15, 0.2) is 48.5 Å². The first-order chi connectivity index (χ1) is 12.3. The Balaban J connectivity index is 2.19. The van der Waals surface area contributed by atoms with E-state index in [9.17, 15) is 9.59 Å². The van der Waals surface area contributed by atoms with Crippen molar-refractivity contribution in [2.75, 3.05) is 18.4 Å². The van der Waals surface area contributed by atoms with E-state index in [0.717, 1.165) is 0 Å². The molecular weight excluding hydrogens is 350 g/mol. The quantitative estimate of drug-likeness (QED) is 0.811. The van der Waals surface area contributed by atoms with Crippen LogP contribution in [0.25, 0.3) is 0 Å². The largest absolute Gasteiger partial charge is 0.339 e. The second-order valence-corrected chi connectivity index (χ2v) is 6.60. The lowest BCUT2D eigenvalue weighted by Gasteiger charge is -2.24. The Labute approximate surface area is 159 Å². The summed E-state index contributed by atoms with van der Waals surface area (Å²) in [6.45, 7) is 6.68. The molecule has 0 spiro atoms. The standard InChI is InChI=1S/C20H24ClN3O2/c1-4-24(5-2)18(25)16-12-11-15(13-17(16)21)23-19(26)20(3,22)14-9-7-6-8-10-14/h6-13H,4-5,22H2,1-3H3,(H,23,26). The van der Waals surface area contributed by atoms with Crippen LogP contribution in [0.5, 0.6) is 0 Å². The van der Waals surface area contributed by atoms with Crippen molar-refractivity contribution in [3.05, 3.63) is 64.7 Å². The van der Waals surface area contributed by atoms with Gasteiger partial charge in [-0.1, -0.05) is 41.9 Å². The molecule has 0 aliphatic carbocycles. The number of halogens is 1. The van der Waals surface area contributed by atoms with E-state index in [0.29, 0.717) is 29.9 Å². The van der Waals surface area contributed by atoms with Crippen molar-refractivity contribution in [1.82, 2.24) is 4.90 Å². The highest BCUT2D eigenvalue weighted by Gasteiger charge is 2.30. The number of hydrogen-bond donors (Lipinski definition) is 2. The van der Waals surface area contributed by atoms with Crippen LogP contribution < -0.4 is 11.1 Å². The number of carbonyl (C=O) groups excluding carboxylic acids is 2. The molecule has 2 aromatic rings. The molecule has 2 rings (SSSR count). The average Bonchev–Trinajstić information content (AvgIpc) is 2.63. The van der Waals surface area contributed by atoms with Gasteiger partial charge in [-0.15, -0.1) is 0 Å². The first-order valence-electron chi connectivity index (χ1n) is 8.55. The van der Waals surface area contributed by atoms with Crippen molar-refractivity contribution in [2.45, 2.75) is 26.3 Å². The molecule has 0 heterocycles. The number of nitrogens with one attached hydrogen (secondary N) is 1. The number of carbonyl (C=O) groups is 2. The molecule has 0 aliphatic heterocycles. The van der Waals surface area contributed by atoms with E-state index in [2.05, 4.69) is 5.32 Å². The molecule has 26 heavy (non-hydrogen) atoms. The van der Waals surface area contributed by atoms with Gasteiger partial charge < -0.3 is 16.0 Å². The fraction of sp³-hybridized carbons (Fsp3) is 0.300. The van der Waals surface area contributed by atoms with Gasteiger partial charge in [0.2, 0.25) is 5.91 Å². The lowest BCUT2D eigenvalue weighted by Crippen LogP contribution is -2.45. The molecule has 5 nitrogen and oxygen atoms in total.